The summed E-state index contributed by atoms with van der Waals surface area (Å²) < 4.78 is 5.26. The van der Waals surface area contributed by atoms with Crippen LogP contribution in [0.2, 0.25) is 5.02 Å². The van der Waals surface area contributed by atoms with Gasteiger partial charge in [0.1, 0.15) is 12.1 Å². The molecule has 126 valence electrons. The topological polar surface area (TPSA) is 93.4 Å². The van der Waals surface area contributed by atoms with E-state index < -0.39 is 4.92 Å². The van der Waals surface area contributed by atoms with E-state index in [1.54, 1.807) is 18.2 Å². The highest BCUT2D eigenvalue weighted by molar-refractivity contribution is 6.31. The molecule has 1 aromatic carbocycles. The second kappa shape index (κ2) is 6.88. The lowest BCUT2D eigenvalue weighted by Crippen LogP contribution is -2.21. The molecule has 9 heteroatoms. The molecule has 1 aromatic heterocycles. The Balaban J connectivity index is 2.03. The average molecular weight is 350 g/mol. The van der Waals surface area contributed by atoms with Gasteiger partial charge in [0, 0.05) is 18.1 Å². The predicted octanol–water partition coefficient (Wildman–Crippen LogP) is 3.39. The van der Waals surface area contributed by atoms with E-state index in [1.807, 2.05) is 4.90 Å². The minimum absolute atomic E-state index is 0.109. The highest BCUT2D eigenvalue weighted by Crippen LogP contribution is 2.37. The van der Waals surface area contributed by atoms with Crippen LogP contribution >= 0.6 is 11.6 Å². The number of benzene rings is 1. The largest absolute Gasteiger partial charge is 0.495 e. The first kappa shape index (κ1) is 16.3. The van der Waals surface area contributed by atoms with Gasteiger partial charge in [-0.25, -0.2) is 9.97 Å². The van der Waals surface area contributed by atoms with Crippen LogP contribution in [0.1, 0.15) is 12.8 Å². The fourth-order valence-electron chi connectivity index (χ4n) is 2.69. The van der Waals surface area contributed by atoms with Crippen LogP contribution in [0.3, 0.4) is 0 Å². The monoisotopic (exact) mass is 349 g/mol. The lowest BCUT2D eigenvalue weighted by atomic mass is 10.3. The van der Waals surface area contributed by atoms with Crippen molar-refractivity contribution >= 4 is 34.6 Å². The highest BCUT2D eigenvalue weighted by Gasteiger charge is 2.29. The number of nitro groups is 1. The van der Waals surface area contributed by atoms with Crippen molar-refractivity contribution in [2.24, 2.45) is 0 Å². The number of methoxy groups -OCH3 is 1. The summed E-state index contributed by atoms with van der Waals surface area (Å²) in [6, 6.07) is 4.98. The number of ether oxygens (including phenoxy) is 1. The van der Waals surface area contributed by atoms with Gasteiger partial charge in [-0.05, 0) is 31.0 Å². The van der Waals surface area contributed by atoms with E-state index in [0.29, 0.717) is 22.3 Å². The van der Waals surface area contributed by atoms with Gasteiger partial charge in [0.25, 0.3) is 0 Å². The van der Waals surface area contributed by atoms with E-state index in [4.69, 9.17) is 16.3 Å². The normalized spacial score (nSPS) is 13.8. The SMILES string of the molecule is COc1ccc(Cl)cc1Nc1ncnc(N2CCCC2)c1[N+](=O)[O-]. The number of hydrogen-bond donors (Lipinski definition) is 1. The maximum absolute atomic E-state index is 11.6. The number of nitrogens with zero attached hydrogens (tertiary/aromatic N) is 4. The molecule has 1 aliphatic rings. The fraction of sp³-hybridized carbons (Fsp3) is 0.333. The summed E-state index contributed by atoms with van der Waals surface area (Å²) in [5.74, 6) is 0.948. The Morgan fingerprint density at radius 2 is 2.08 bits per heavy atom. The van der Waals surface area contributed by atoms with Crippen molar-refractivity contribution in [3.63, 3.8) is 0 Å². The zero-order chi connectivity index (χ0) is 17.1. The van der Waals surface area contributed by atoms with Gasteiger partial charge in [-0.2, -0.15) is 0 Å². The van der Waals surface area contributed by atoms with Gasteiger partial charge < -0.3 is 15.0 Å². The van der Waals surface area contributed by atoms with E-state index in [2.05, 4.69) is 15.3 Å². The molecule has 1 fully saturated rings. The summed E-state index contributed by atoms with van der Waals surface area (Å²) in [4.78, 5) is 21.2. The van der Waals surface area contributed by atoms with Crippen molar-refractivity contribution in [3.05, 3.63) is 39.7 Å². The molecule has 2 heterocycles. The molecule has 3 rings (SSSR count). The summed E-state index contributed by atoms with van der Waals surface area (Å²) in [7, 11) is 1.51. The van der Waals surface area contributed by atoms with Gasteiger partial charge in [-0.1, -0.05) is 11.6 Å². The van der Waals surface area contributed by atoms with Gasteiger partial charge in [0.2, 0.25) is 11.6 Å². The molecule has 1 saturated heterocycles. The van der Waals surface area contributed by atoms with Crippen molar-refractivity contribution in [2.75, 3.05) is 30.4 Å². The summed E-state index contributed by atoms with van der Waals surface area (Å²) >= 11 is 6.01. The van der Waals surface area contributed by atoms with Gasteiger partial charge in [-0.3, -0.25) is 10.1 Å². The average Bonchev–Trinajstić information content (AvgIpc) is 3.09. The van der Waals surface area contributed by atoms with E-state index in [0.717, 1.165) is 25.9 Å². The van der Waals surface area contributed by atoms with Gasteiger partial charge in [0.15, 0.2) is 0 Å². The van der Waals surface area contributed by atoms with Crippen LogP contribution in [0.5, 0.6) is 5.75 Å². The van der Waals surface area contributed by atoms with Crippen LogP contribution in [0.25, 0.3) is 0 Å². The summed E-state index contributed by atoms with van der Waals surface area (Å²) in [6.45, 7) is 1.50. The molecule has 24 heavy (non-hydrogen) atoms. The number of halogens is 1. The number of anilines is 3. The van der Waals surface area contributed by atoms with Crippen LogP contribution in [0.4, 0.5) is 23.0 Å². The van der Waals surface area contributed by atoms with Gasteiger partial charge in [-0.15, -0.1) is 0 Å². The second-order valence-corrected chi connectivity index (χ2v) is 5.75. The highest BCUT2D eigenvalue weighted by atomic mass is 35.5. The molecule has 8 nitrogen and oxygen atoms in total. The van der Waals surface area contributed by atoms with E-state index in [1.165, 1.54) is 13.4 Å². The van der Waals surface area contributed by atoms with Gasteiger partial charge >= 0.3 is 5.69 Å². The smallest absolute Gasteiger partial charge is 0.353 e. The summed E-state index contributed by atoms with van der Waals surface area (Å²) in [6.07, 6.45) is 3.30. The first-order valence-corrected chi connectivity index (χ1v) is 7.83. The Morgan fingerprint density at radius 1 is 1.33 bits per heavy atom. The molecule has 0 radical (unpaired) electrons. The Bertz CT molecular complexity index is 765. The van der Waals surface area contributed by atoms with Crippen LogP contribution < -0.4 is 15.0 Å². The Kier molecular flexibility index (Phi) is 4.66. The number of nitrogens with one attached hydrogen (secondary N) is 1. The lowest BCUT2D eigenvalue weighted by Gasteiger charge is -2.17. The minimum Gasteiger partial charge on any atom is -0.495 e. The predicted molar refractivity (Wildman–Crippen MR) is 91.4 cm³/mol. The molecule has 1 aliphatic heterocycles. The van der Waals surface area contributed by atoms with E-state index >= 15 is 0 Å². The molecular formula is C15H16ClN5O3. The Hall–Kier alpha value is -2.61. The molecule has 0 saturated carbocycles. The fourth-order valence-corrected chi connectivity index (χ4v) is 2.87. The van der Waals surface area contributed by atoms with Crippen LogP contribution in [0, 0.1) is 10.1 Å². The number of hydrogen-bond acceptors (Lipinski definition) is 7. The van der Waals surface area contributed by atoms with Crippen molar-refractivity contribution in [1.29, 1.82) is 0 Å². The third-order valence-electron chi connectivity index (χ3n) is 3.81. The molecule has 0 unspecified atom stereocenters. The maximum atomic E-state index is 11.6. The zero-order valence-electron chi connectivity index (χ0n) is 13.0. The van der Waals surface area contributed by atoms with Crippen LogP contribution in [-0.2, 0) is 0 Å². The quantitative estimate of drug-likeness (QED) is 0.653. The van der Waals surface area contributed by atoms with Crippen molar-refractivity contribution in [1.82, 2.24) is 9.97 Å². The molecule has 1 N–H and O–H groups in total. The molecule has 0 atom stereocenters. The third kappa shape index (κ3) is 3.18. The van der Waals surface area contributed by atoms with Gasteiger partial charge in [0.05, 0.1) is 17.7 Å². The second-order valence-electron chi connectivity index (χ2n) is 5.32. The standard InChI is InChI=1S/C15H16ClN5O3/c1-24-12-5-4-10(16)8-11(12)19-14-13(21(22)23)15(18-9-17-14)20-6-2-3-7-20/h4-5,8-9H,2-3,6-7H2,1H3,(H,17,18,19). The van der Waals surface area contributed by atoms with E-state index in [-0.39, 0.29) is 11.5 Å². The minimum atomic E-state index is -0.465. The maximum Gasteiger partial charge on any atom is 0.353 e. The van der Waals surface area contributed by atoms with Crippen molar-refractivity contribution in [3.8, 4) is 5.75 Å². The van der Waals surface area contributed by atoms with Crippen molar-refractivity contribution < 1.29 is 9.66 Å². The first-order chi connectivity index (χ1) is 11.6. The Labute approximate surface area is 143 Å². The summed E-state index contributed by atoms with van der Waals surface area (Å²) in [5, 5.41) is 15.0. The first-order valence-electron chi connectivity index (χ1n) is 7.45. The third-order valence-corrected chi connectivity index (χ3v) is 4.04. The zero-order valence-corrected chi connectivity index (χ0v) is 13.8. The molecule has 0 aliphatic carbocycles. The van der Waals surface area contributed by atoms with Crippen LogP contribution in [-0.4, -0.2) is 35.1 Å². The molecule has 0 amide bonds. The molecule has 2 aromatic rings. The molecule has 0 bridgehead atoms. The summed E-state index contributed by atoms with van der Waals surface area (Å²) in [5.41, 5.74) is 0.348. The van der Waals surface area contributed by atoms with Crippen molar-refractivity contribution in [2.45, 2.75) is 12.8 Å². The molecular weight excluding hydrogens is 334 g/mol. The Morgan fingerprint density at radius 3 is 2.75 bits per heavy atom. The number of rotatable bonds is 5. The van der Waals surface area contributed by atoms with E-state index in [9.17, 15) is 10.1 Å². The lowest BCUT2D eigenvalue weighted by molar-refractivity contribution is -0.383. The molecule has 0 spiro atoms. The number of aromatic nitrogens is 2. The van der Waals surface area contributed by atoms with Crippen LogP contribution in [0.15, 0.2) is 24.5 Å².